The van der Waals surface area contributed by atoms with Gasteiger partial charge in [0.2, 0.25) is 0 Å². The van der Waals surface area contributed by atoms with Crippen molar-refractivity contribution in [3.05, 3.63) is 60.7 Å². The van der Waals surface area contributed by atoms with Crippen molar-refractivity contribution >= 4 is 47.1 Å². The molecule has 2 rings (SSSR count). The third kappa shape index (κ3) is 10.1. The number of thioether (sulfide) groups is 2. The van der Waals surface area contributed by atoms with Crippen molar-refractivity contribution in [3.63, 3.8) is 0 Å². The van der Waals surface area contributed by atoms with Crippen LogP contribution in [0.15, 0.2) is 60.7 Å². The molecule has 0 heterocycles. The first-order chi connectivity index (χ1) is 13.7. The van der Waals surface area contributed by atoms with Gasteiger partial charge < -0.3 is 9.47 Å². The molecule has 2 aromatic carbocycles. The van der Waals surface area contributed by atoms with Crippen LogP contribution < -0.4 is 10.6 Å². The van der Waals surface area contributed by atoms with Crippen LogP contribution in [-0.2, 0) is 9.47 Å². The molecule has 0 saturated carbocycles. The van der Waals surface area contributed by atoms with E-state index >= 15 is 0 Å². The molecule has 28 heavy (non-hydrogen) atoms. The Kier molecular flexibility index (Phi) is 10.8. The summed E-state index contributed by atoms with van der Waals surface area (Å²) in [6.45, 7) is 0.744. The van der Waals surface area contributed by atoms with Crippen molar-refractivity contribution in [2.45, 2.75) is 0 Å². The first-order valence-electron chi connectivity index (χ1n) is 8.87. The Morgan fingerprint density at radius 3 is 1.43 bits per heavy atom. The topological polar surface area (TPSA) is 76.7 Å². The van der Waals surface area contributed by atoms with Gasteiger partial charge in [-0.15, -0.1) is 0 Å². The van der Waals surface area contributed by atoms with Crippen LogP contribution in [0.5, 0.6) is 0 Å². The van der Waals surface area contributed by atoms with E-state index in [1.165, 1.54) is 0 Å². The zero-order valence-electron chi connectivity index (χ0n) is 15.5. The molecule has 0 aromatic heterocycles. The van der Waals surface area contributed by atoms with Gasteiger partial charge in [-0.05, 0) is 24.3 Å². The second kappa shape index (κ2) is 13.8. The van der Waals surface area contributed by atoms with Crippen LogP contribution in [0.2, 0.25) is 0 Å². The van der Waals surface area contributed by atoms with Crippen molar-refractivity contribution in [2.75, 3.05) is 46.9 Å². The van der Waals surface area contributed by atoms with Crippen LogP contribution in [-0.4, -0.2) is 48.4 Å². The molecule has 2 aromatic rings. The molecular formula is C20H24N2O4S2. The minimum absolute atomic E-state index is 0.372. The number of para-hydroxylation sites is 2. The Morgan fingerprint density at radius 1 is 0.643 bits per heavy atom. The lowest BCUT2D eigenvalue weighted by Crippen LogP contribution is -2.15. The first kappa shape index (κ1) is 22.0. The van der Waals surface area contributed by atoms with Gasteiger partial charge in [0.1, 0.15) is 13.2 Å². The van der Waals surface area contributed by atoms with E-state index in [-0.39, 0.29) is 0 Å². The third-order valence-corrected chi connectivity index (χ3v) is 5.49. The number of nitrogens with one attached hydrogen (secondary N) is 2. The van der Waals surface area contributed by atoms with Gasteiger partial charge in [0.05, 0.1) is 0 Å². The van der Waals surface area contributed by atoms with Crippen LogP contribution in [0.25, 0.3) is 0 Å². The number of hydrogen-bond donors (Lipinski definition) is 2. The number of hydrogen-bond acceptors (Lipinski definition) is 6. The smallest absolute Gasteiger partial charge is 0.411 e. The molecule has 0 saturated heterocycles. The fourth-order valence-electron chi connectivity index (χ4n) is 2.06. The summed E-state index contributed by atoms with van der Waals surface area (Å²) in [5.74, 6) is 3.40. The summed E-state index contributed by atoms with van der Waals surface area (Å²) in [7, 11) is 0. The van der Waals surface area contributed by atoms with Crippen molar-refractivity contribution in [1.29, 1.82) is 0 Å². The quantitative estimate of drug-likeness (QED) is 0.501. The Labute approximate surface area is 173 Å². The predicted molar refractivity (Wildman–Crippen MR) is 117 cm³/mol. The Balaban J connectivity index is 1.37. The summed E-state index contributed by atoms with van der Waals surface area (Å²) in [4.78, 5) is 23.2. The number of rotatable bonds is 11. The van der Waals surface area contributed by atoms with Gasteiger partial charge >= 0.3 is 12.2 Å². The summed E-state index contributed by atoms with van der Waals surface area (Å²) in [6, 6.07) is 18.4. The number of anilines is 2. The van der Waals surface area contributed by atoms with Crippen LogP contribution >= 0.6 is 23.5 Å². The summed E-state index contributed by atoms with van der Waals surface area (Å²) in [5.41, 5.74) is 1.44. The molecule has 0 bridgehead atoms. The first-order valence-corrected chi connectivity index (χ1v) is 11.2. The maximum atomic E-state index is 11.6. The van der Waals surface area contributed by atoms with Gasteiger partial charge in [-0.3, -0.25) is 10.6 Å². The summed E-state index contributed by atoms with van der Waals surface area (Å²) < 4.78 is 10.2. The highest BCUT2D eigenvalue weighted by Crippen LogP contribution is 2.09. The average Bonchev–Trinajstić information content (AvgIpc) is 2.71. The fourth-order valence-corrected chi connectivity index (χ4v) is 3.81. The summed E-state index contributed by atoms with van der Waals surface area (Å²) >= 11 is 3.44. The van der Waals surface area contributed by atoms with Crippen LogP contribution in [0.1, 0.15) is 0 Å². The molecule has 0 spiro atoms. The third-order valence-electron chi connectivity index (χ3n) is 3.33. The second-order valence-corrected chi connectivity index (χ2v) is 7.93. The average molecular weight is 421 g/mol. The lowest BCUT2D eigenvalue weighted by molar-refractivity contribution is 0.168. The van der Waals surface area contributed by atoms with Crippen molar-refractivity contribution in [1.82, 2.24) is 0 Å². The van der Waals surface area contributed by atoms with Gasteiger partial charge in [0.15, 0.2) is 0 Å². The minimum Gasteiger partial charge on any atom is -0.448 e. The van der Waals surface area contributed by atoms with E-state index in [1.807, 2.05) is 60.7 Å². The number of amides is 2. The molecule has 150 valence electrons. The van der Waals surface area contributed by atoms with E-state index in [9.17, 15) is 9.59 Å². The summed E-state index contributed by atoms with van der Waals surface area (Å²) in [6.07, 6.45) is -0.876. The van der Waals surface area contributed by atoms with E-state index in [2.05, 4.69) is 10.6 Å². The Bertz CT molecular complexity index is 640. The Hall–Kier alpha value is -2.32. The molecule has 0 aliphatic rings. The number of ether oxygens (including phenoxy) is 2. The maximum Gasteiger partial charge on any atom is 0.411 e. The zero-order chi connectivity index (χ0) is 19.9. The SMILES string of the molecule is O=C(Nc1ccccc1)OCCSCCSCCOC(=O)Nc1ccccc1. The highest BCUT2D eigenvalue weighted by molar-refractivity contribution is 8.02. The van der Waals surface area contributed by atoms with Crippen LogP contribution in [0.3, 0.4) is 0 Å². The molecule has 6 nitrogen and oxygen atoms in total. The lowest BCUT2D eigenvalue weighted by Gasteiger charge is -2.07. The van der Waals surface area contributed by atoms with Gasteiger partial charge in [-0.25, -0.2) is 9.59 Å². The second-order valence-electron chi connectivity index (χ2n) is 5.48. The largest absolute Gasteiger partial charge is 0.448 e. The number of carbonyl (C=O) groups is 2. The molecule has 8 heteroatoms. The fraction of sp³-hybridized carbons (Fsp3) is 0.300. The monoisotopic (exact) mass is 420 g/mol. The molecule has 0 fully saturated rings. The van der Waals surface area contributed by atoms with Crippen LogP contribution in [0.4, 0.5) is 21.0 Å². The van der Waals surface area contributed by atoms with Crippen molar-refractivity contribution in [3.8, 4) is 0 Å². The minimum atomic E-state index is -0.438. The Morgan fingerprint density at radius 2 is 1.04 bits per heavy atom. The molecule has 0 aliphatic carbocycles. The highest BCUT2D eigenvalue weighted by Gasteiger charge is 2.03. The molecule has 2 N–H and O–H groups in total. The maximum absolute atomic E-state index is 11.6. The number of carbonyl (C=O) groups excluding carboxylic acids is 2. The lowest BCUT2D eigenvalue weighted by atomic mass is 10.3. The van der Waals surface area contributed by atoms with Gasteiger partial charge in [-0.1, -0.05) is 36.4 Å². The van der Waals surface area contributed by atoms with E-state index < -0.39 is 12.2 Å². The normalized spacial score (nSPS) is 10.1. The van der Waals surface area contributed by atoms with Gasteiger partial charge in [-0.2, -0.15) is 23.5 Å². The summed E-state index contributed by atoms with van der Waals surface area (Å²) in [5, 5.41) is 5.34. The van der Waals surface area contributed by atoms with E-state index in [0.29, 0.717) is 13.2 Å². The molecule has 0 atom stereocenters. The highest BCUT2D eigenvalue weighted by atomic mass is 32.2. The predicted octanol–water partition coefficient (Wildman–Crippen LogP) is 4.95. The zero-order valence-corrected chi connectivity index (χ0v) is 17.1. The van der Waals surface area contributed by atoms with E-state index in [0.717, 1.165) is 34.4 Å². The molecule has 0 radical (unpaired) electrons. The number of benzene rings is 2. The van der Waals surface area contributed by atoms with Crippen LogP contribution in [0, 0.1) is 0 Å². The van der Waals surface area contributed by atoms with Crippen molar-refractivity contribution in [2.24, 2.45) is 0 Å². The molecule has 2 amide bonds. The van der Waals surface area contributed by atoms with Gasteiger partial charge in [0, 0.05) is 34.4 Å². The van der Waals surface area contributed by atoms with Gasteiger partial charge in [0.25, 0.3) is 0 Å². The van der Waals surface area contributed by atoms with E-state index in [1.54, 1.807) is 23.5 Å². The molecular weight excluding hydrogens is 396 g/mol. The molecule has 0 unspecified atom stereocenters. The molecule has 0 aliphatic heterocycles. The van der Waals surface area contributed by atoms with E-state index in [4.69, 9.17) is 9.47 Å². The van der Waals surface area contributed by atoms with Crippen molar-refractivity contribution < 1.29 is 19.1 Å². The standard InChI is InChI=1S/C20H24N2O4S2/c23-19(21-17-7-3-1-4-8-17)25-11-13-27-15-16-28-14-12-26-20(24)22-18-9-5-2-6-10-18/h1-10H,11-16H2,(H,21,23)(H,22,24).